The van der Waals surface area contributed by atoms with Gasteiger partial charge in [-0.3, -0.25) is 4.79 Å². The molecule has 1 N–H and O–H groups in total. The van der Waals surface area contributed by atoms with Gasteiger partial charge in [-0.05, 0) is 56.5 Å². The summed E-state index contributed by atoms with van der Waals surface area (Å²) < 4.78 is 15.7. The lowest BCUT2D eigenvalue weighted by atomic mass is 10.00. The fraction of sp³-hybridized carbons (Fsp3) is 0.292. The van der Waals surface area contributed by atoms with E-state index in [1.807, 2.05) is 32.9 Å². The normalized spacial score (nSPS) is 10.8. The number of carbonyl (C=O) groups is 2. The van der Waals surface area contributed by atoms with Crippen molar-refractivity contribution in [2.75, 3.05) is 20.3 Å². The van der Waals surface area contributed by atoms with E-state index in [-0.39, 0.29) is 16.9 Å². The van der Waals surface area contributed by atoms with E-state index in [0.717, 1.165) is 16.7 Å². The number of hydrogen-bond donors (Lipinski definition) is 1. The second kappa shape index (κ2) is 9.57. The Morgan fingerprint density at radius 2 is 1.74 bits per heavy atom. The predicted octanol–water partition coefficient (Wildman–Crippen LogP) is 3.70. The second-order valence-corrected chi connectivity index (χ2v) is 7.41. The molecule has 0 unspecified atom stereocenters. The summed E-state index contributed by atoms with van der Waals surface area (Å²) in [6.07, 6.45) is 0.635. The molecule has 0 atom stereocenters. The van der Waals surface area contributed by atoms with Crippen LogP contribution < -0.4 is 15.7 Å². The standard InChI is InChI=1S/C24H25NO6/c1-14-10-15(2)21(16(3)11-14)24(28)30-18-7-6-17-12-19(23(27)31-20(17)13-18)22(26)25-8-5-9-29-4/h6-7,10-13H,5,8-9H2,1-4H3,(H,25,26). The van der Waals surface area contributed by atoms with Gasteiger partial charge in [-0.15, -0.1) is 0 Å². The number of ether oxygens (including phenoxy) is 2. The number of fused-ring (bicyclic) bond motifs is 1. The van der Waals surface area contributed by atoms with E-state index in [2.05, 4.69) is 5.32 Å². The molecule has 3 aromatic rings. The average Bonchev–Trinajstić information content (AvgIpc) is 2.69. The summed E-state index contributed by atoms with van der Waals surface area (Å²) in [6, 6.07) is 10.0. The first-order valence-corrected chi connectivity index (χ1v) is 9.95. The number of rotatable bonds is 7. The zero-order valence-electron chi connectivity index (χ0n) is 18.0. The highest BCUT2D eigenvalue weighted by atomic mass is 16.5. The summed E-state index contributed by atoms with van der Waals surface area (Å²) in [5.74, 6) is -0.742. The van der Waals surface area contributed by atoms with Crippen LogP contribution in [0.3, 0.4) is 0 Å². The van der Waals surface area contributed by atoms with Gasteiger partial charge in [0.25, 0.3) is 5.91 Å². The van der Waals surface area contributed by atoms with Crippen LogP contribution in [0.5, 0.6) is 5.75 Å². The predicted molar refractivity (Wildman–Crippen MR) is 117 cm³/mol. The number of aryl methyl sites for hydroxylation is 3. The lowest BCUT2D eigenvalue weighted by molar-refractivity contribution is 0.0733. The highest BCUT2D eigenvalue weighted by Crippen LogP contribution is 2.23. The number of methoxy groups -OCH3 is 1. The summed E-state index contributed by atoms with van der Waals surface area (Å²) in [4.78, 5) is 37.2. The molecule has 31 heavy (non-hydrogen) atoms. The Hall–Kier alpha value is -3.45. The van der Waals surface area contributed by atoms with Gasteiger partial charge in [0.05, 0.1) is 5.56 Å². The topological polar surface area (TPSA) is 94.8 Å². The number of carbonyl (C=O) groups excluding carboxylic acids is 2. The number of benzene rings is 2. The van der Waals surface area contributed by atoms with Gasteiger partial charge < -0.3 is 19.2 Å². The van der Waals surface area contributed by atoms with Crippen molar-refractivity contribution in [3.8, 4) is 5.75 Å². The van der Waals surface area contributed by atoms with Crippen LogP contribution in [0.4, 0.5) is 0 Å². The summed E-state index contributed by atoms with van der Waals surface area (Å²) in [5.41, 5.74) is 2.62. The smallest absolute Gasteiger partial charge is 0.349 e. The van der Waals surface area contributed by atoms with Crippen molar-refractivity contribution in [3.63, 3.8) is 0 Å². The third kappa shape index (κ3) is 5.19. The lowest BCUT2D eigenvalue weighted by Crippen LogP contribution is -2.29. The van der Waals surface area contributed by atoms with Crippen molar-refractivity contribution < 1.29 is 23.5 Å². The molecule has 1 amide bonds. The SMILES string of the molecule is COCCCNC(=O)c1cc2ccc(OC(=O)c3c(C)cc(C)cc3C)cc2oc1=O. The number of esters is 1. The monoisotopic (exact) mass is 423 g/mol. The van der Waals surface area contributed by atoms with Gasteiger partial charge in [0.15, 0.2) is 0 Å². The Kier molecular flexibility index (Phi) is 6.87. The minimum Gasteiger partial charge on any atom is -0.423 e. The Morgan fingerprint density at radius 1 is 1.03 bits per heavy atom. The van der Waals surface area contributed by atoms with Crippen molar-refractivity contribution in [2.45, 2.75) is 27.2 Å². The van der Waals surface area contributed by atoms with Gasteiger partial charge in [0.1, 0.15) is 16.9 Å². The van der Waals surface area contributed by atoms with E-state index < -0.39 is 17.5 Å². The fourth-order valence-corrected chi connectivity index (χ4v) is 3.49. The minimum absolute atomic E-state index is 0.0828. The molecule has 162 valence electrons. The average molecular weight is 423 g/mol. The molecule has 0 radical (unpaired) electrons. The molecule has 0 saturated carbocycles. The first kappa shape index (κ1) is 22.2. The Bertz CT molecular complexity index is 1170. The Balaban J connectivity index is 1.81. The Labute approximate surface area is 180 Å². The molecule has 7 nitrogen and oxygen atoms in total. The quantitative estimate of drug-likeness (QED) is 0.269. The maximum Gasteiger partial charge on any atom is 0.349 e. The van der Waals surface area contributed by atoms with E-state index in [1.165, 1.54) is 12.1 Å². The summed E-state index contributed by atoms with van der Waals surface area (Å²) >= 11 is 0. The van der Waals surface area contributed by atoms with E-state index >= 15 is 0 Å². The molecule has 0 fully saturated rings. The van der Waals surface area contributed by atoms with Crippen LogP contribution in [0.1, 0.15) is 43.8 Å². The van der Waals surface area contributed by atoms with Crippen molar-refractivity contribution in [1.29, 1.82) is 0 Å². The van der Waals surface area contributed by atoms with Gasteiger partial charge in [-0.25, -0.2) is 9.59 Å². The number of hydrogen-bond acceptors (Lipinski definition) is 6. The molecule has 1 aromatic heterocycles. The molecule has 0 spiro atoms. The van der Waals surface area contributed by atoms with Crippen molar-refractivity contribution in [2.24, 2.45) is 0 Å². The van der Waals surface area contributed by atoms with Gasteiger partial charge in [-0.1, -0.05) is 17.7 Å². The van der Waals surface area contributed by atoms with E-state index in [1.54, 1.807) is 19.2 Å². The third-order valence-corrected chi connectivity index (χ3v) is 4.85. The third-order valence-electron chi connectivity index (χ3n) is 4.85. The van der Waals surface area contributed by atoms with Gasteiger partial charge in [0, 0.05) is 31.7 Å². The first-order chi connectivity index (χ1) is 14.8. The van der Waals surface area contributed by atoms with Gasteiger partial charge in [-0.2, -0.15) is 0 Å². The van der Waals surface area contributed by atoms with Crippen LogP contribution >= 0.6 is 0 Å². The summed E-state index contributed by atoms with van der Waals surface area (Å²) in [5, 5.41) is 3.21. The zero-order chi connectivity index (χ0) is 22.5. The molecular formula is C24H25NO6. The van der Waals surface area contributed by atoms with E-state index in [9.17, 15) is 14.4 Å². The van der Waals surface area contributed by atoms with Crippen LogP contribution in [-0.2, 0) is 4.74 Å². The highest BCUT2D eigenvalue weighted by Gasteiger charge is 2.17. The van der Waals surface area contributed by atoms with E-state index in [4.69, 9.17) is 13.9 Å². The molecule has 0 aliphatic carbocycles. The van der Waals surface area contributed by atoms with Crippen LogP contribution in [0.25, 0.3) is 11.0 Å². The molecule has 2 aromatic carbocycles. The summed E-state index contributed by atoms with van der Waals surface area (Å²) in [7, 11) is 1.58. The molecule has 0 bridgehead atoms. The van der Waals surface area contributed by atoms with Crippen LogP contribution in [0.2, 0.25) is 0 Å². The van der Waals surface area contributed by atoms with E-state index in [0.29, 0.717) is 30.5 Å². The van der Waals surface area contributed by atoms with Gasteiger partial charge in [0.2, 0.25) is 0 Å². The minimum atomic E-state index is -0.759. The maximum atomic E-state index is 12.7. The summed E-state index contributed by atoms with van der Waals surface area (Å²) in [6.45, 7) is 6.58. The Morgan fingerprint density at radius 3 is 2.42 bits per heavy atom. The molecule has 7 heteroatoms. The molecule has 3 rings (SSSR count). The van der Waals surface area contributed by atoms with Crippen LogP contribution in [-0.4, -0.2) is 32.1 Å². The zero-order valence-corrected chi connectivity index (χ0v) is 18.0. The van der Waals surface area contributed by atoms with Gasteiger partial charge >= 0.3 is 11.6 Å². The largest absolute Gasteiger partial charge is 0.423 e. The number of amides is 1. The molecule has 0 aliphatic heterocycles. The maximum absolute atomic E-state index is 12.7. The highest BCUT2D eigenvalue weighted by molar-refractivity contribution is 5.97. The lowest BCUT2D eigenvalue weighted by Gasteiger charge is -2.11. The van der Waals surface area contributed by atoms with Crippen LogP contribution in [0, 0.1) is 20.8 Å². The number of nitrogens with one attached hydrogen (secondary N) is 1. The fourth-order valence-electron chi connectivity index (χ4n) is 3.49. The molecular weight excluding hydrogens is 398 g/mol. The van der Waals surface area contributed by atoms with Crippen molar-refractivity contribution in [1.82, 2.24) is 5.32 Å². The molecule has 0 saturated heterocycles. The first-order valence-electron chi connectivity index (χ1n) is 9.95. The van der Waals surface area contributed by atoms with Crippen molar-refractivity contribution >= 4 is 22.8 Å². The molecule has 1 heterocycles. The van der Waals surface area contributed by atoms with Crippen LogP contribution in [0.15, 0.2) is 45.6 Å². The van der Waals surface area contributed by atoms with Crippen molar-refractivity contribution in [3.05, 3.63) is 74.6 Å². The second-order valence-electron chi connectivity index (χ2n) is 7.41. The molecule has 0 aliphatic rings.